The summed E-state index contributed by atoms with van der Waals surface area (Å²) in [6.07, 6.45) is 1.62. The lowest BCUT2D eigenvalue weighted by Crippen LogP contribution is -2.27. The van der Waals surface area contributed by atoms with Crippen molar-refractivity contribution in [3.8, 4) is 0 Å². The fourth-order valence-electron chi connectivity index (χ4n) is 0.666. The van der Waals surface area contributed by atoms with Crippen LogP contribution in [0.5, 0.6) is 0 Å². The van der Waals surface area contributed by atoms with Gasteiger partial charge in [-0.1, -0.05) is 0 Å². The summed E-state index contributed by atoms with van der Waals surface area (Å²) in [5, 5.41) is 2.13. The van der Waals surface area contributed by atoms with Gasteiger partial charge in [-0.05, 0) is 11.0 Å². The minimum atomic E-state index is 0.241. The van der Waals surface area contributed by atoms with Crippen LogP contribution in [0.25, 0.3) is 0 Å². The Morgan fingerprint density at radius 3 is 3.18 bits per heavy atom. The monoisotopic (exact) mass is 168 g/mol. The zero-order valence-electron chi connectivity index (χ0n) is 5.89. The molecule has 0 amide bonds. The van der Waals surface area contributed by atoms with E-state index in [0.29, 0.717) is 4.54 Å². The summed E-state index contributed by atoms with van der Waals surface area (Å²) in [7, 11) is 1.62. The molecule has 56 valence electrons. The largest absolute Gasteiger partial charge is 0.399 e. The normalized spacial score (nSPS) is 8.82. The van der Waals surface area contributed by atoms with E-state index in [1.807, 2.05) is 0 Å². The van der Waals surface area contributed by atoms with Gasteiger partial charge in [0, 0.05) is 29.5 Å². The van der Waals surface area contributed by atoms with E-state index in [9.17, 15) is 4.91 Å². The Labute approximate surface area is 68.4 Å². The lowest BCUT2D eigenvalue weighted by Gasteiger charge is -1.87. The summed E-state index contributed by atoms with van der Waals surface area (Å²) in [5.41, 5.74) is 0. The van der Waals surface area contributed by atoms with Gasteiger partial charge in [-0.25, -0.2) is 0 Å². The molecule has 0 radical (unpaired) electrons. The zero-order valence-corrected chi connectivity index (χ0v) is 6.71. The quantitative estimate of drug-likeness (QED) is 0.351. The Kier molecular flexibility index (Phi) is 2.25. The summed E-state index contributed by atoms with van der Waals surface area (Å²) >= 11 is 4.36. The molecule has 0 N–H and O–H groups in total. The van der Waals surface area contributed by atoms with E-state index in [1.165, 1.54) is 4.68 Å². The van der Waals surface area contributed by atoms with Crippen LogP contribution >= 0.6 is 12.2 Å². The third-order valence-corrected chi connectivity index (χ3v) is 1.28. The first kappa shape index (κ1) is 7.78. The Hall–Kier alpha value is -1.32. The average Bonchev–Trinajstić information content (AvgIpc) is 1.99. The molecule has 0 fully saturated rings. The lowest BCUT2D eigenvalue weighted by atomic mass is 10.5. The maximum Gasteiger partial charge on any atom is 0.399 e. The lowest BCUT2D eigenvalue weighted by molar-refractivity contribution is -0.582. The van der Waals surface area contributed by atoms with Crippen LogP contribution in [0.1, 0.15) is 0 Å². The molecule has 0 bridgehead atoms. The number of hydrogen-bond acceptors (Lipinski definition) is 3. The van der Waals surface area contributed by atoms with Crippen molar-refractivity contribution in [1.82, 2.24) is 4.68 Å². The molecule has 1 aromatic rings. The molecule has 1 rings (SSSR count). The van der Waals surface area contributed by atoms with Gasteiger partial charge in [-0.15, -0.1) is 0 Å². The fraction of sp³-hybridized carbons (Fsp3) is 0.167. The molecule has 1 heterocycles. The molecule has 0 unspecified atom stereocenters. The minimum absolute atomic E-state index is 0.241. The topological polar surface area (TPSA) is 40.3 Å². The Balaban J connectivity index is 3.39. The second kappa shape index (κ2) is 3.18. The molecule has 4 nitrogen and oxygen atoms in total. The van der Waals surface area contributed by atoms with Crippen molar-refractivity contribution in [3.63, 3.8) is 0 Å². The fourth-order valence-corrected chi connectivity index (χ4v) is 0.760. The van der Waals surface area contributed by atoms with E-state index >= 15 is 0 Å². The molecule has 11 heavy (non-hydrogen) atoms. The van der Waals surface area contributed by atoms with Crippen LogP contribution in [0.15, 0.2) is 23.3 Å². The molecule has 0 aliphatic carbocycles. The van der Waals surface area contributed by atoms with Crippen molar-refractivity contribution in [2.45, 2.75) is 0 Å². The van der Waals surface area contributed by atoms with Crippen LogP contribution < -0.4 is 4.54 Å². The van der Waals surface area contributed by atoms with Crippen molar-refractivity contribution in [2.75, 3.05) is 0 Å². The van der Waals surface area contributed by atoms with Gasteiger partial charge in [0.25, 0.3) is 0 Å². The molecule has 0 aliphatic rings. The van der Waals surface area contributed by atoms with E-state index in [4.69, 9.17) is 0 Å². The standard InChI is InChI=1S/C6H6N3OS/c1-8-4-2-3-6(7-5-11)9(8)10/h2-4H,1H3/q+1. The van der Waals surface area contributed by atoms with Gasteiger partial charge >= 0.3 is 5.82 Å². The van der Waals surface area contributed by atoms with Gasteiger partial charge in [0.05, 0.1) is 11.6 Å². The van der Waals surface area contributed by atoms with E-state index < -0.39 is 0 Å². The van der Waals surface area contributed by atoms with Crippen molar-refractivity contribution >= 4 is 23.2 Å². The molecule has 0 atom stereocenters. The molecular weight excluding hydrogens is 162 g/mol. The maximum atomic E-state index is 11.1. The maximum absolute atomic E-state index is 11.1. The highest BCUT2D eigenvalue weighted by Gasteiger charge is 2.04. The molecule has 5 heteroatoms. The van der Waals surface area contributed by atoms with Crippen LogP contribution in [0.2, 0.25) is 0 Å². The molecule has 0 aliphatic heterocycles. The molecule has 0 aromatic carbocycles. The highest BCUT2D eigenvalue weighted by atomic mass is 32.1. The molecule has 0 spiro atoms. The van der Waals surface area contributed by atoms with Crippen molar-refractivity contribution in [1.29, 1.82) is 0 Å². The van der Waals surface area contributed by atoms with Crippen molar-refractivity contribution < 1.29 is 4.54 Å². The number of aliphatic imine (C=N–C) groups is 1. The van der Waals surface area contributed by atoms with Crippen LogP contribution in [-0.4, -0.2) is 9.84 Å². The van der Waals surface area contributed by atoms with E-state index in [1.54, 1.807) is 25.4 Å². The van der Waals surface area contributed by atoms with E-state index in [2.05, 4.69) is 22.4 Å². The molecule has 0 saturated heterocycles. The second-order valence-electron chi connectivity index (χ2n) is 1.92. The first-order valence-corrected chi connectivity index (χ1v) is 3.33. The summed E-state index contributed by atoms with van der Waals surface area (Å²) in [6, 6.07) is 3.27. The van der Waals surface area contributed by atoms with E-state index in [-0.39, 0.29) is 5.82 Å². The van der Waals surface area contributed by atoms with Crippen molar-refractivity contribution in [3.05, 3.63) is 23.2 Å². The summed E-state index contributed by atoms with van der Waals surface area (Å²) in [4.78, 5) is 14.6. The minimum Gasteiger partial charge on any atom is -0.183 e. The van der Waals surface area contributed by atoms with Gasteiger partial charge in [-0.2, -0.15) is 4.68 Å². The van der Waals surface area contributed by atoms with Crippen LogP contribution in [0, 0.1) is 4.91 Å². The molecule has 0 saturated carbocycles. The first-order valence-electron chi connectivity index (χ1n) is 2.92. The Morgan fingerprint density at radius 2 is 2.55 bits per heavy atom. The van der Waals surface area contributed by atoms with E-state index in [0.717, 1.165) is 0 Å². The summed E-state index contributed by atoms with van der Waals surface area (Å²) in [6.45, 7) is 0. The average molecular weight is 168 g/mol. The number of isothiocyanates is 1. The third-order valence-electron chi connectivity index (χ3n) is 1.19. The molecular formula is C6H6N3OS+. The van der Waals surface area contributed by atoms with Crippen LogP contribution in [-0.2, 0) is 7.05 Å². The Morgan fingerprint density at radius 1 is 1.82 bits per heavy atom. The highest BCUT2D eigenvalue weighted by molar-refractivity contribution is 7.78. The van der Waals surface area contributed by atoms with Crippen molar-refractivity contribution in [2.24, 2.45) is 12.0 Å². The SMILES string of the molecule is Cn1cccc(N=C=S)[n+]1=O. The number of aromatic nitrogens is 2. The highest BCUT2D eigenvalue weighted by Crippen LogP contribution is 1.97. The van der Waals surface area contributed by atoms with Gasteiger partial charge in [0.2, 0.25) is 5.16 Å². The third kappa shape index (κ3) is 1.58. The van der Waals surface area contributed by atoms with Crippen LogP contribution in [0.3, 0.4) is 0 Å². The number of thiocarbonyl (C=S) groups is 1. The number of aryl methyl sites for hydroxylation is 1. The number of nitrogens with zero attached hydrogens (tertiary/aromatic N) is 3. The Bertz CT molecular complexity index is 364. The van der Waals surface area contributed by atoms with Gasteiger partial charge < -0.3 is 0 Å². The summed E-state index contributed by atoms with van der Waals surface area (Å²) < 4.78 is 1.98. The predicted molar refractivity (Wildman–Crippen MR) is 43.5 cm³/mol. The summed E-state index contributed by atoms with van der Waals surface area (Å²) in [5.74, 6) is 0.241. The smallest absolute Gasteiger partial charge is 0.183 e. The zero-order chi connectivity index (χ0) is 8.27. The number of hydrogen-bond donors (Lipinski definition) is 0. The first-order chi connectivity index (χ1) is 5.25. The predicted octanol–water partition coefficient (Wildman–Crippen LogP) is 0.674. The second-order valence-corrected chi connectivity index (χ2v) is 2.10. The van der Waals surface area contributed by atoms with Crippen LogP contribution in [0.4, 0.5) is 5.82 Å². The van der Waals surface area contributed by atoms with Gasteiger partial charge in [0.15, 0.2) is 0 Å². The number of rotatable bonds is 1. The van der Waals surface area contributed by atoms with Gasteiger partial charge in [-0.3, -0.25) is 0 Å². The molecule has 1 aromatic heterocycles. The van der Waals surface area contributed by atoms with Gasteiger partial charge in [0.1, 0.15) is 0 Å².